The minimum atomic E-state index is -0.665. The van der Waals surface area contributed by atoms with Gasteiger partial charge in [-0.1, -0.05) is 256 Å². The Labute approximate surface area is 386 Å². The lowest BCUT2D eigenvalue weighted by Crippen LogP contribution is -2.45. The number of esters is 1. The van der Waals surface area contributed by atoms with Crippen LogP contribution in [0.1, 0.15) is 296 Å². The van der Waals surface area contributed by atoms with Crippen LogP contribution >= 0.6 is 0 Å². The molecule has 0 aromatic rings. The molecule has 2 unspecified atom stereocenters. The van der Waals surface area contributed by atoms with E-state index in [1.165, 1.54) is 212 Å². The summed E-state index contributed by atoms with van der Waals surface area (Å²) in [5, 5.41) is 23.2. The summed E-state index contributed by atoms with van der Waals surface area (Å²) in [7, 11) is 0. The first-order valence-electron chi connectivity index (χ1n) is 27.6. The molecule has 0 rings (SSSR count). The number of carbonyl (C=O) groups excluding carboxylic acids is 2. The van der Waals surface area contributed by atoms with Gasteiger partial charge < -0.3 is 20.3 Å². The predicted molar refractivity (Wildman–Crippen MR) is 269 cm³/mol. The molecular weight excluding hydrogens is 767 g/mol. The van der Waals surface area contributed by atoms with Crippen LogP contribution in [0.3, 0.4) is 0 Å². The first-order chi connectivity index (χ1) is 30.5. The van der Waals surface area contributed by atoms with Crippen molar-refractivity contribution >= 4 is 11.9 Å². The summed E-state index contributed by atoms with van der Waals surface area (Å²) in [4.78, 5) is 24.5. The highest BCUT2D eigenvalue weighted by molar-refractivity contribution is 5.76. The molecule has 6 heteroatoms. The van der Waals surface area contributed by atoms with E-state index in [2.05, 4.69) is 43.5 Å². The summed E-state index contributed by atoms with van der Waals surface area (Å²) >= 11 is 0. The Hall–Kier alpha value is -1.66. The minimum absolute atomic E-state index is 0.00563. The molecule has 2 atom stereocenters. The third-order valence-electron chi connectivity index (χ3n) is 12.8. The maximum atomic E-state index is 12.4. The Morgan fingerprint density at radius 1 is 0.452 bits per heavy atom. The van der Waals surface area contributed by atoms with Gasteiger partial charge >= 0.3 is 5.97 Å². The average Bonchev–Trinajstić information content (AvgIpc) is 3.27. The van der Waals surface area contributed by atoms with Crippen LogP contribution in [0.5, 0.6) is 0 Å². The zero-order valence-corrected chi connectivity index (χ0v) is 41.6. The highest BCUT2D eigenvalue weighted by atomic mass is 16.5. The second kappa shape index (κ2) is 52.0. The second-order valence-electron chi connectivity index (χ2n) is 18.9. The van der Waals surface area contributed by atoms with Crippen LogP contribution in [0.25, 0.3) is 0 Å². The molecule has 0 spiro atoms. The molecular formula is C56H107NO5. The van der Waals surface area contributed by atoms with E-state index in [1.54, 1.807) is 0 Å². The SMILES string of the molecule is CCCC/C=C\C/C=C\CCCCCCCC(=O)OCCCCCCCCCCCCCCCCCCCCCC(=O)NC(CO)C(O)CCCCCCCCCCCCCC. The Kier molecular flexibility index (Phi) is 50.6. The number of rotatable bonds is 51. The van der Waals surface area contributed by atoms with Gasteiger partial charge in [-0.2, -0.15) is 0 Å². The van der Waals surface area contributed by atoms with Gasteiger partial charge in [-0.3, -0.25) is 9.59 Å². The van der Waals surface area contributed by atoms with Crippen molar-refractivity contribution in [3.05, 3.63) is 24.3 Å². The standard InChI is InChI=1S/C56H107NO5/c1-3-5-7-9-11-13-15-17-26-30-34-38-42-46-50-56(61)62-51-47-43-39-35-31-27-24-22-20-18-19-21-23-25-29-33-37-41-45-49-55(60)57-53(52-58)54(59)48-44-40-36-32-28-16-14-12-10-8-6-4-2/h9,11,15,17,53-54,58-59H,3-8,10,12-14,16,18-52H2,1-2H3,(H,57,60)/b11-9-,17-15-. The van der Waals surface area contributed by atoms with Crippen LogP contribution < -0.4 is 5.32 Å². The van der Waals surface area contributed by atoms with Gasteiger partial charge in [0.05, 0.1) is 25.4 Å². The summed E-state index contributed by atoms with van der Waals surface area (Å²) < 4.78 is 5.46. The van der Waals surface area contributed by atoms with Gasteiger partial charge in [0.15, 0.2) is 0 Å². The molecule has 0 aliphatic heterocycles. The number of allylic oxidation sites excluding steroid dienone is 4. The fraction of sp³-hybridized carbons (Fsp3) is 0.893. The van der Waals surface area contributed by atoms with Crippen molar-refractivity contribution in [1.29, 1.82) is 0 Å². The largest absolute Gasteiger partial charge is 0.466 e. The van der Waals surface area contributed by atoms with Gasteiger partial charge in [0, 0.05) is 12.8 Å². The van der Waals surface area contributed by atoms with Crippen molar-refractivity contribution in [2.24, 2.45) is 0 Å². The van der Waals surface area contributed by atoms with E-state index >= 15 is 0 Å². The number of nitrogens with one attached hydrogen (secondary N) is 1. The van der Waals surface area contributed by atoms with Crippen LogP contribution in [-0.2, 0) is 14.3 Å². The fourth-order valence-electron chi connectivity index (χ4n) is 8.48. The molecule has 0 aromatic heterocycles. The summed E-state index contributed by atoms with van der Waals surface area (Å²) in [6.07, 6.45) is 61.6. The van der Waals surface area contributed by atoms with E-state index in [0.717, 1.165) is 51.4 Å². The molecule has 0 fully saturated rings. The molecule has 0 radical (unpaired) electrons. The zero-order chi connectivity index (χ0) is 45.1. The monoisotopic (exact) mass is 874 g/mol. The maximum absolute atomic E-state index is 12.4. The molecule has 0 aliphatic carbocycles. The summed E-state index contributed by atoms with van der Waals surface area (Å²) in [6.45, 7) is 4.90. The van der Waals surface area contributed by atoms with E-state index in [0.29, 0.717) is 25.9 Å². The third-order valence-corrected chi connectivity index (χ3v) is 12.8. The van der Waals surface area contributed by atoms with E-state index in [9.17, 15) is 19.8 Å². The van der Waals surface area contributed by atoms with Gasteiger partial charge in [-0.25, -0.2) is 0 Å². The van der Waals surface area contributed by atoms with Crippen molar-refractivity contribution in [3.8, 4) is 0 Å². The van der Waals surface area contributed by atoms with Gasteiger partial charge in [0.2, 0.25) is 5.91 Å². The topological polar surface area (TPSA) is 95.9 Å². The molecule has 0 aliphatic rings. The van der Waals surface area contributed by atoms with Crippen molar-refractivity contribution in [2.45, 2.75) is 309 Å². The first kappa shape index (κ1) is 60.3. The predicted octanol–water partition coefficient (Wildman–Crippen LogP) is 16.7. The van der Waals surface area contributed by atoms with Crippen molar-refractivity contribution in [2.75, 3.05) is 13.2 Å². The van der Waals surface area contributed by atoms with Crippen LogP contribution in [-0.4, -0.2) is 47.4 Å². The normalized spacial score (nSPS) is 12.8. The lowest BCUT2D eigenvalue weighted by Gasteiger charge is -2.22. The zero-order valence-electron chi connectivity index (χ0n) is 41.6. The Morgan fingerprint density at radius 2 is 0.823 bits per heavy atom. The molecule has 0 aromatic carbocycles. The lowest BCUT2D eigenvalue weighted by atomic mass is 10.0. The summed E-state index contributed by atoms with van der Waals surface area (Å²) in [5.74, 6) is -0.0440. The number of carbonyl (C=O) groups is 2. The average molecular weight is 874 g/mol. The van der Waals surface area contributed by atoms with Gasteiger partial charge in [0.1, 0.15) is 0 Å². The van der Waals surface area contributed by atoms with E-state index in [4.69, 9.17) is 4.74 Å². The quantitative estimate of drug-likeness (QED) is 0.0321. The molecule has 366 valence electrons. The van der Waals surface area contributed by atoms with Crippen LogP contribution in [0.15, 0.2) is 24.3 Å². The lowest BCUT2D eigenvalue weighted by molar-refractivity contribution is -0.143. The van der Waals surface area contributed by atoms with Gasteiger partial charge in [-0.15, -0.1) is 0 Å². The molecule has 0 heterocycles. The van der Waals surface area contributed by atoms with Crippen molar-refractivity contribution < 1.29 is 24.5 Å². The third kappa shape index (κ3) is 47.8. The molecule has 1 amide bonds. The fourth-order valence-corrected chi connectivity index (χ4v) is 8.48. The number of amides is 1. The number of hydrogen-bond donors (Lipinski definition) is 3. The molecule has 6 nitrogen and oxygen atoms in total. The van der Waals surface area contributed by atoms with Crippen LogP contribution in [0.2, 0.25) is 0 Å². The molecule has 0 bridgehead atoms. The Balaban J connectivity index is 3.39. The molecule has 0 saturated carbocycles. The maximum Gasteiger partial charge on any atom is 0.305 e. The highest BCUT2D eigenvalue weighted by Gasteiger charge is 2.20. The van der Waals surface area contributed by atoms with Gasteiger partial charge in [-0.05, 0) is 51.4 Å². The molecule has 3 N–H and O–H groups in total. The van der Waals surface area contributed by atoms with E-state index in [-0.39, 0.29) is 18.5 Å². The van der Waals surface area contributed by atoms with E-state index < -0.39 is 12.1 Å². The summed E-state index contributed by atoms with van der Waals surface area (Å²) in [5.41, 5.74) is 0. The van der Waals surface area contributed by atoms with Gasteiger partial charge in [0.25, 0.3) is 0 Å². The summed E-state index contributed by atoms with van der Waals surface area (Å²) in [6, 6.07) is -0.542. The minimum Gasteiger partial charge on any atom is -0.466 e. The highest BCUT2D eigenvalue weighted by Crippen LogP contribution is 2.17. The van der Waals surface area contributed by atoms with E-state index in [1.807, 2.05) is 0 Å². The van der Waals surface area contributed by atoms with Crippen LogP contribution in [0.4, 0.5) is 0 Å². The Bertz CT molecular complexity index is 966. The second-order valence-corrected chi connectivity index (χ2v) is 18.9. The van der Waals surface area contributed by atoms with Crippen LogP contribution in [0, 0.1) is 0 Å². The first-order valence-corrected chi connectivity index (χ1v) is 27.6. The smallest absolute Gasteiger partial charge is 0.305 e. The molecule has 62 heavy (non-hydrogen) atoms. The number of aliphatic hydroxyl groups is 2. The van der Waals surface area contributed by atoms with Crippen molar-refractivity contribution in [1.82, 2.24) is 5.32 Å². The molecule has 0 saturated heterocycles. The number of ether oxygens (including phenoxy) is 1. The van der Waals surface area contributed by atoms with Crippen molar-refractivity contribution in [3.63, 3.8) is 0 Å². The number of hydrogen-bond acceptors (Lipinski definition) is 5. The number of unbranched alkanes of at least 4 members (excludes halogenated alkanes) is 36. The number of aliphatic hydroxyl groups excluding tert-OH is 2. The Morgan fingerprint density at radius 3 is 1.27 bits per heavy atom.